The van der Waals surface area contributed by atoms with E-state index < -0.39 is 0 Å². The van der Waals surface area contributed by atoms with E-state index in [9.17, 15) is 4.79 Å². The number of hydrogen-bond donors (Lipinski definition) is 1. The highest BCUT2D eigenvalue weighted by atomic mass is 16.1. The third-order valence-electron chi connectivity index (χ3n) is 2.21. The number of nitrogens with one attached hydrogen (secondary N) is 1. The van der Waals surface area contributed by atoms with Crippen LogP contribution in [0.5, 0.6) is 0 Å². The molecule has 0 bridgehead atoms. The summed E-state index contributed by atoms with van der Waals surface area (Å²) < 4.78 is 0. The first kappa shape index (κ1) is 10.5. The zero-order valence-electron chi connectivity index (χ0n) is 9.10. The van der Waals surface area contributed by atoms with Gasteiger partial charge in [0.1, 0.15) is 17.4 Å². The number of Topliss-reactive ketones (excluding diaryl/α,β-unsaturated/α-hetero) is 1. The molecule has 4 nitrogen and oxygen atoms in total. The topological polar surface area (TPSA) is 58.6 Å². The molecule has 0 aliphatic carbocycles. The molecule has 82 valence electrons. The summed E-state index contributed by atoms with van der Waals surface area (Å²) in [6.45, 7) is 1.54. The molecule has 0 unspecified atom stereocenters. The van der Waals surface area contributed by atoms with Crippen LogP contribution in [0.1, 0.15) is 24.1 Å². The molecule has 4 heteroatoms. The van der Waals surface area contributed by atoms with Gasteiger partial charge in [0.25, 0.3) is 0 Å². The fourth-order valence-electron chi connectivity index (χ4n) is 1.52. The molecule has 0 amide bonds. The van der Waals surface area contributed by atoms with E-state index in [4.69, 9.17) is 0 Å². The van der Waals surface area contributed by atoms with Gasteiger partial charge in [0.2, 0.25) is 0 Å². The summed E-state index contributed by atoms with van der Waals surface area (Å²) >= 11 is 0. The van der Waals surface area contributed by atoms with Crippen LogP contribution in [-0.2, 0) is 17.6 Å². The summed E-state index contributed by atoms with van der Waals surface area (Å²) in [7, 11) is 0. The van der Waals surface area contributed by atoms with Crippen molar-refractivity contribution in [2.24, 2.45) is 0 Å². The molecule has 2 aromatic rings. The van der Waals surface area contributed by atoms with E-state index in [-0.39, 0.29) is 5.78 Å². The van der Waals surface area contributed by atoms with Gasteiger partial charge in [-0.1, -0.05) is 30.3 Å². The first-order valence-corrected chi connectivity index (χ1v) is 5.18. The predicted molar refractivity (Wildman–Crippen MR) is 60.0 cm³/mol. The molecule has 1 N–H and O–H groups in total. The van der Waals surface area contributed by atoms with Gasteiger partial charge in [-0.05, 0) is 12.5 Å². The number of rotatable bonds is 4. The molecular formula is C12H13N3O. The van der Waals surface area contributed by atoms with E-state index >= 15 is 0 Å². The lowest BCUT2D eigenvalue weighted by Gasteiger charge is -1.95. The molecule has 0 saturated heterocycles. The minimum atomic E-state index is 0.0856. The van der Waals surface area contributed by atoms with Crippen LogP contribution in [0.25, 0.3) is 0 Å². The molecule has 16 heavy (non-hydrogen) atoms. The number of hydrogen-bond acceptors (Lipinski definition) is 3. The summed E-state index contributed by atoms with van der Waals surface area (Å²) in [6.07, 6.45) is 1.04. The van der Waals surface area contributed by atoms with Crippen molar-refractivity contribution in [3.8, 4) is 0 Å². The summed E-state index contributed by atoms with van der Waals surface area (Å²) in [4.78, 5) is 13.9. The molecular weight excluding hydrogens is 202 g/mol. The Labute approximate surface area is 93.7 Å². The van der Waals surface area contributed by atoms with E-state index in [1.54, 1.807) is 6.92 Å². The fraction of sp³-hybridized carbons (Fsp3) is 0.250. The van der Waals surface area contributed by atoms with Crippen LogP contribution < -0.4 is 0 Å². The monoisotopic (exact) mass is 215 g/mol. The van der Waals surface area contributed by atoms with Gasteiger partial charge in [0.05, 0.1) is 6.42 Å². The highest BCUT2D eigenvalue weighted by Crippen LogP contribution is 2.05. The van der Waals surface area contributed by atoms with Crippen LogP contribution in [0.15, 0.2) is 30.3 Å². The van der Waals surface area contributed by atoms with Crippen LogP contribution in [0.2, 0.25) is 0 Å². The van der Waals surface area contributed by atoms with Gasteiger partial charge < -0.3 is 4.98 Å². The van der Waals surface area contributed by atoms with E-state index in [0.29, 0.717) is 18.7 Å². The maximum absolute atomic E-state index is 10.9. The maximum atomic E-state index is 10.9. The first-order chi connectivity index (χ1) is 7.74. The third-order valence-corrected chi connectivity index (χ3v) is 2.21. The maximum Gasteiger partial charge on any atom is 0.137 e. The highest BCUT2D eigenvalue weighted by Gasteiger charge is 2.05. The standard InChI is InChI=1S/C12H13N3O/c1-9(16)7-11-13-12(15-14-11)8-10-5-3-2-4-6-10/h2-6H,7-8H2,1H3,(H,13,14,15). The second-order valence-electron chi connectivity index (χ2n) is 3.76. The Balaban J connectivity index is 2.06. The van der Waals surface area contributed by atoms with Crippen LogP contribution >= 0.6 is 0 Å². The van der Waals surface area contributed by atoms with Crippen molar-refractivity contribution in [3.05, 3.63) is 47.5 Å². The molecule has 0 fully saturated rings. The molecule has 0 spiro atoms. The van der Waals surface area contributed by atoms with Gasteiger partial charge in [-0.3, -0.25) is 4.79 Å². The summed E-state index contributed by atoms with van der Waals surface area (Å²) in [6, 6.07) is 10.0. The van der Waals surface area contributed by atoms with Crippen molar-refractivity contribution in [2.45, 2.75) is 19.8 Å². The van der Waals surface area contributed by atoms with Crippen LogP contribution in [-0.4, -0.2) is 21.0 Å². The average molecular weight is 215 g/mol. The number of H-pyrrole nitrogens is 1. The molecule has 0 radical (unpaired) electrons. The Bertz CT molecular complexity index is 476. The second kappa shape index (κ2) is 4.70. The van der Waals surface area contributed by atoms with Crippen molar-refractivity contribution in [3.63, 3.8) is 0 Å². The van der Waals surface area contributed by atoms with Crippen LogP contribution in [0.4, 0.5) is 0 Å². The van der Waals surface area contributed by atoms with Gasteiger partial charge >= 0.3 is 0 Å². The number of benzene rings is 1. The van der Waals surface area contributed by atoms with E-state index in [1.807, 2.05) is 30.3 Å². The number of aromatic nitrogens is 3. The molecule has 1 aromatic carbocycles. The van der Waals surface area contributed by atoms with Gasteiger partial charge in [0, 0.05) is 6.42 Å². The Hall–Kier alpha value is -1.97. The van der Waals surface area contributed by atoms with Gasteiger partial charge in [-0.15, -0.1) is 10.2 Å². The molecule has 1 heterocycles. The largest absolute Gasteiger partial charge is 0.328 e. The van der Waals surface area contributed by atoms with Crippen molar-refractivity contribution >= 4 is 5.78 Å². The Morgan fingerprint density at radius 1 is 1.19 bits per heavy atom. The average Bonchev–Trinajstić information content (AvgIpc) is 2.66. The summed E-state index contributed by atoms with van der Waals surface area (Å²) in [5.74, 6) is 1.52. The van der Waals surface area contributed by atoms with Gasteiger partial charge in [-0.25, -0.2) is 0 Å². The highest BCUT2D eigenvalue weighted by molar-refractivity contribution is 5.77. The molecule has 1 aromatic heterocycles. The summed E-state index contributed by atoms with van der Waals surface area (Å²) in [5, 5.41) is 7.93. The summed E-state index contributed by atoms with van der Waals surface area (Å²) in [5.41, 5.74) is 1.17. The molecule has 0 atom stereocenters. The van der Waals surface area contributed by atoms with Crippen LogP contribution in [0.3, 0.4) is 0 Å². The van der Waals surface area contributed by atoms with E-state index in [2.05, 4.69) is 15.2 Å². The molecule has 0 aliphatic rings. The number of carbonyl (C=O) groups excluding carboxylic acids is 1. The van der Waals surface area contributed by atoms with Crippen molar-refractivity contribution in [2.75, 3.05) is 0 Å². The quantitative estimate of drug-likeness (QED) is 0.841. The van der Waals surface area contributed by atoms with E-state index in [0.717, 1.165) is 5.82 Å². The zero-order chi connectivity index (χ0) is 11.4. The first-order valence-electron chi connectivity index (χ1n) is 5.18. The zero-order valence-corrected chi connectivity index (χ0v) is 9.10. The molecule has 2 rings (SSSR count). The van der Waals surface area contributed by atoms with Crippen molar-refractivity contribution in [1.29, 1.82) is 0 Å². The van der Waals surface area contributed by atoms with Crippen LogP contribution in [0, 0.1) is 0 Å². The Morgan fingerprint density at radius 2 is 1.88 bits per heavy atom. The van der Waals surface area contributed by atoms with Crippen molar-refractivity contribution < 1.29 is 4.79 Å². The minimum Gasteiger partial charge on any atom is -0.328 e. The second-order valence-corrected chi connectivity index (χ2v) is 3.76. The molecule has 0 saturated carbocycles. The normalized spacial score (nSPS) is 10.3. The lowest BCUT2D eigenvalue weighted by Crippen LogP contribution is -1.98. The number of ketones is 1. The smallest absolute Gasteiger partial charge is 0.137 e. The number of nitrogens with zero attached hydrogens (tertiary/aromatic N) is 2. The van der Waals surface area contributed by atoms with Gasteiger partial charge in [0.15, 0.2) is 0 Å². The number of carbonyl (C=O) groups is 1. The fourth-order valence-corrected chi connectivity index (χ4v) is 1.52. The third kappa shape index (κ3) is 2.76. The SMILES string of the molecule is CC(=O)Cc1nnc(Cc2ccccc2)[nH]1. The Morgan fingerprint density at radius 3 is 2.56 bits per heavy atom. The Kier molecular flexibility index (Phi) is 3.10. The lowest BCUT2D eigenvalue weighted by molar-refractivity contribution is -0.116. The molecule has 0 aliphatic heterocycles. The van der Waals surface area contributed by atoms with E-state index in [1.165, 1.54) is 5.56 Å². The number of aromatic amines is 1. The minimum absolute atomic E-state index is 0.0856. The lowest BCUT2D eigenvalue weighted by atomic mass is 10.1. The van der Waals surface area contributed by atoms with Crippen molar-refractivity contribution in [1.82, 2.24) is 15.2 Å². The van der Waals surface area contributed by atoms with Gasteiger partial charge in [-0.2, -0.15) is 0 Å². The predicted octanol–water partition coefficient (Wildman–Crippen LogP) is 1.53.